The fourth-order valence-electron chi connectivity index (χ4n) is 2.33. The molecule has 2 aromatic rings. The Kier molecular flexibility index (Phi) is 5.26. The van der Waals surface area contributed by atoms with Crippen molar-refractivity contribution in [1.82, 2.24) is 15.1 Å². The molecule has 0 bridgehead atoms. The van der Waals surface area contributed by atoms with Crippen molar-refractivity contribution in [2.24, 2.45) is 7.05 Å². The van der Waals surface area contributed by atoms with Crippen LogP contribution in [0, 0.1) is 0 Å². The van der Waals surface area contributed by atoms with Gasteiger partial charge in [-0.2, -0.15) is 5.10 Å². The first-order chi connectivity index (χ1) is 9.67. The van der Waals surface area contributed by atoms with Crippen LogP contribution < -0.4 is 5.32 Å². The topological polar surface area (TPSA) is 43.0 Å². The summed E-state index contributed by atoms with van der Waals surface area (Å²) >= 11 is 6.43. The fraction of sp³-hybridized carbons (Fsp3) is 0.533. The highest BCUT2D eigenvalue weighted by Crippen LogP contribution is 2.26. The Balaban J connectivity index is 2.21. The molecular weight excluding hydrogens is 274 g/mol. The lowest BCUT2D eigenvalue weighted by Gasteiger charge is -2.17. The van der Waals surface area contributed by atoms with E-state index in [2.05, 4.69) is 24.3 Å². The number of aryl methyl sites for hydroxylation is 2. The van der Waals surface area contributed by atoms with Gasteiger partial charge in [0.25, 0.3) is 0 Å². The molecule has 5 heteroatoms. The highest BCUT2D eigenvalue weighted by molar-refractivity contribution is 6.31. The molecule has 0 aliphatic rings. The molecule has 0 fully saturated rings. The van der Waals surface area contributed by atoms with Gasteiger partial charge >= 0.3 is 0 Å². The third-order valence-corrected chi connectivity index (χ3v) is 3.92. The second-order valence-corrected chi connectivity index (χ2v) is 5.33. The van der Waals surface area contributed by atoms with E-state index in [1.54, 1.807) is 12.5 Å². The van der Waals surface area contributed by atoms with Gasteiger partial charge in [-0.3, -0.25) is 4.68 Å². The van der Waals surface area contributed by atoms with Crippen LogP contribution in [0.5, 0.6) is 0 Å². The maximum absolute atomic E-state index is 6.43. The highest BCUT2D eigenvalue weighted by Gasteiger charge is 2.19. The molecule has 0 saturated carbocycles. The minimum absolute atomic E-state index is 0.200. The third-order valence-electron chi connectivity index (χ3n) is 3.49. The zero-order valence-corrected chi connectivity index (χ0v) is 13.1. The lowest BCUT2D eigenvalue weighted by Crippen LogP contribution is -2.24. The summed E-state index contributed by atoms with van der Waals surface area (Å²) in [4.78, 5) is 0. The first-order valence-corrected chi connectivity index (χ1v) is 7.50. The zero-order valence-electron chi connectivity index (χ0n) is 12.3. The molecule has 0 radical (unpaired) electrons. The van der Waals surface area contributed by atoms with E-state index in [4.69, 9.17) is 16.0 Å². The summed E-state index contributed by atoms with van der Waals surface area (Å²) in [6, 6.07) is 2.20. The zero-order chi connectivity index (χ0) is 14.5. The van der Waals surface area contributed by atoms with Gasteiger partial charge in [-0.1, -0.05) is 25.4 Å². The van der Waals surface area contributed by atoms with Gasteiger partial charge in [0.2, 0.25) is 0 Å². The molecule has 4 nitrogen and oxygen atoms in total. The number of hydrogen-bond donors (Lipinski definition) is 1. The molecule has 110 valence electrons. The average molecular weight is 296 g/mol. The van der Waals surface area contributed by atoms with E-state index in [1.165, 1.54) is 0 Å². The molecule has 0 amide bonds. The molecule has 2 aromatic heterocycles. The van der Waals surface area contributed by atoms with Crippen LogP contribution in [0.3, 0.4) is 0 Å². The van der Waals surface area contributed by atoms with Crippen molar-refractivity contribution in [2.75, 3.05) is 6.54 Å². The number of rotatable bonds is 7. The Morgan fingerprint density at radius 2 is 2.25 bits per heavy atom. The van der Waals surface area contributed by atoms with Crippen LogP contribution >= 0.6 is 11.6 Å². The van der Waals surface area contributed by atoms with Gasteiger partial charge in [0, 0.05) is 25.1 Å². The molecule has 1 unspecified atom stereocenters. The Labute approximate surface area is 125 Å². The SMILES string of the molecule is CCCNC(Cc1c(Cl)c(CC)nn1C)c1ccoc1. The second kappa shape index (κ2) is 6.95. The quantitative estimate of drug-likeness (QED) is 0.850. The first-order valence-electron chi connectivity index (χ1n) is 7.13. The van der Waals surface area contributed by atoms with E-state index in [0.717, 1.165) is 47.8 Å². The lowest BCUT2D eigenvalue weighted by molar-refractivity contribution is 0.500. The van der Waals surface area contributed by atoms with Crippen molar-refractivity contribution >= 4 is 11.6 Å². The van der Waals surface area contributed by atoms with Crippen molar-refractivity contribution in [3.8, 4) is 0 Å². The van der Waals surface area contributed by atoms with Gasteiger partial charge in [-0.05, 0) is 25.5 Å². The van der Waals surface area contributed by atoms with Gasteiger partial charge in [-0.15, -0.1) is 0 Å². The maximum Gasteiger partial charge on any atom is 0.0950 e. The number of nitrogens with one attached hydrogen (secondary N) is 1. The Bertz CT molecular complexity index is 534. The van der Waals surface area contributed by atoms with E-state index >= 15 is 0 Å². The van der Waals surface area contributed by atoms with Crippen LogP contribution in [0.15, 0.2) is 23.0 Å². The average Bonchev–Trinajstić information content (AvgIpc) is 3.05. The molecule has 0 spiro atoms. The van der Waals surface area contributed by atoms with Crippen LogP contribution in [-0.4, -0.2) is 16.3 Å². The molecule has 2 heterocycles. The molecule has 0 aliphatic heterocycles. The number of hydrogen-bond acceptors (Lipinski definition) is 3. The standard InChI is InChI=1S/C15H22ClN3O/c1-4-7-17-13(11-6-8-20-10-11)9-14-15(16)12(5-2)18-19(14)3/h6,8,10,13,17H,4-5,7,9H2,1-3H3. The Morgan fingerprint density at radius 3 is 2.80 bits per heavy atom. The summed E-state index contributed by atoms with van der Waals surface area (Å²) in [5, 5.41) is 8.81. The smallest absolute Gasteiger partial charge is 0.0950 e. The maximum atomic E-state index is 6.43. The Morgan fingerprint density at radius 1 is 1.45 bits per heavy atom. The van der Waals surface area contributed by atoms with Crippen molar-refractivity contribution in [1.29, 1.82) is 0 Å². The molecule has 0 saturated heterocycles. The van der Waals surface area contributed by atoms with Crippen LogP contribution in [0.1, 0.15) is 43.3 Å². The summed E-state index contributed by atoms with van der Waals surface area (Å²) in [7, 11) is 1.95. The number of nitrogens with zero attached hydrogens (tertiary/aromatic N) is 2. The predicted octanol–water partition coefficient (Wildman–Crippen LogP) is 3.51. The third kappa shape index (κ3) is 3.25. The van der Waals surface area contributed by atoms with Crippen LogP contribution in [-0.2, 0) is 19.9 Å². The summed E-state index contributed by atoms with van der Waals surface area (Å²) in [5.74, 6) is 0. The van der Waals surface area contributed by atoms with Gasteiger partial charge in [-0.25, -0.2) is 0 Å². The van der Waals surface area contributed by atoms with Crippen molar-refractivity contribution < 1.29 is 4.42 Å². The molecular formula is C15H22ClN3O. The summed E-state index contributed by atoms with van der Waals surface area (Å²) in [5.41, 5.74) is 3.18. The van der Waals surface area contributed by atoms with Gasteiger partial charge in [0.1, 0.15) is 0 Å². The normalized spacial score (nSPS) is 12.8. The minimum atomic E-state index is 0.200. The van der Waals surface area contributed by atoms with Crippen LogP contribution in [0.4, 0.5) is 0 Å². The van der Waals surface area contributed by atoms with Crippen molar-refractivity contribution in [3.05, 3.63) is 40.6 Å². The van der Waals surface area contributed by atoms with E-state index in [1.807, 2.05) is 17.8 Å². The van der Waals surface area contributed by atoms with Crippen LogP contribution in [0.25, 0.3) is 0 Å². The molecule has 2 rings (SSSR count). The highest BCUT2D eigenvalue weighted by atomic mass is 35.5. The fourth-order valence-corrected chi connectivity index (χ4v) is 2.71. The van der Waals surface area contributed by atoms with Gasteiger partial charge < -0.3 is 9.73 Å². The van der Waals surface area contributed by atoms with E-state index < -0.39 is 0 Å². The largest absolute Gasteiger partial charge is 0.472 e. The number of halogens is 1. The molecule has 20 heavy (non-hydrogen) atoms. The van der Waals surface area contributed by atoms with Crippen LogP contribution in [0.2, 0.25) is 5.02 Å². The van der Waals surface area contributed by atoms with Crippen molar-refractivity contribution in [3.63, 3.8) is 0 Å². The second-order valence-electron chi connectivity index (χ2n) is 4.95. The summed E-state index contributed by atoms with van der Waals surface area (Å²) < 4.78 is 7.10. The summed E-state index contributed by atoms with van der Waals surface area (Å²) in [6.45, 7) is 5.19. The van der Waals surface area contributed by atoms with E-state index in [9.17, 15) is 0 Å². The van der Waals surface area contributed by atoms with Crippen molar-refractivity contribution in [2.45, 2.75) is 39.2 Å². The molecule has 0 aliphatic carbocycles. The summed E-state index contributed by atoms with van der Waals surface area (Å²) in [6.07, 6.45) is 6.25. The molecule has 1 atom stereocenters. The predicted molar refractivity (Wildman–Crippen MR) is 81.0 cm³/mol. The van der Waals surface area contributed by atoms with Gasteiger partial charge in [0.05, 0.1) is 28.9 Å². The Hall–Kier alpha value is -1.26. The number of aromatic nitrogens is 2. The monoisotopic (exact) mass is 295 g/mol. The molecule has 0 aromatic carbocycles. The van der Waals surface area contributed by atoms with E-state index in [0.29, 0.717) is 0 Å². The molecule has 1 N–H and O–H groups in total. The van der Waals surface area contributed by atoms with Gasteiger partial charge in [0.15, 0.2) is 0 Å². The lowest BCUT2D eigenvalue weighted by atomic mass is 10.0. The van der Waals surface area contributed by atoms with E-state index in [-0.39, 0.29) is 6.04 Å². The minimum Gasteiger partial charge on any atom is -0.472 e. The first kappa shape index (κ1) is 15.1. The number of furan rings is 1.